The first-order valence-electron chi connectivity index (χ1n) is 10.2. The zero-order valence-electron chi connectivity index (χ0n) is 16.2. The number of carbonyl (C=O) groups is 1. The average molecular weight is 384 g/mol. The number of rotatable bonds is 4. The monoisotopic (exact) mass is 383 g/mol. The molecule has 1 aliphatic carbocycles. The van der Waals surface area contributed by atoms with E-state index in [-0.39, 0.29) is 11.9 Å². The number of nitrogens with one attached hydrogen (secondary N) is 1. The quantitative estimate of drug-likeness (QED) is 0.734. The first kappa shape index (κ1) is 18.7. The molecule has 2 fully saturated rings. The number of guanidine groups is 2. The van der Waals surface area contributed by atoms with Crippen LogP contribution in [-0.4, -0.2) is 48.0 Å². The molecule has 0 atom stereocenters. The number of carbonyl (C=O) groups excluding carboxylic acids is 1. The summed E-state index contributed by atoms with van der Waals surface area (Å²) in [7, 11) is 0. The van der Waals surface area contributed by atoms with Crippen molar-refractivity contribution in [2.24, 2.45) is 21.5 Å². The zero-order chi connectivity index (χ0) is 19.6. The highest BCUT2D eigenvalue weighted by Gasteiger charge is 2.42. The van der Waals surface area contributed by atoms with Gasteiger partial charge in [0.05, 0.1) is 6.54 Å². The van der Waals surface area contributed by atoms with E-state index in [1.54, 1.807) is 0 Å². The molecule has 2 heterocycles. The third-order valence-electron chi connectivity index (χ3n) is 5.81. The second kappa shape index (κ2) is 7.79. The van der Waals surface area contributed by atoms with E-state index >= 15 is 0 Å². The number of aliphatic imine (C=N–C) groups is 2. The number of nitrogens with zero attached hydrogens (tertiary/aromatic N) is 4. The Morgan fingerprint density at radius 2 is 1.86 bits per heavy atom. The molecule has 2 aliphatic heterocycles. The molecule has 1 aromatic carbocycles. The van der Waals surface area contributed by atoms with Gasteiger partial charge < -0.3 is 16.8 Å². The Bertz CT molecular complexity index is 791. The average Bonchev–Trinajstić information content (AvgIpc) is 3.14. The predicted octanol–water partition coefficient (Wildman–Crippen LogP) is 1.83. The largest absolute Gasteiger partial charge is 0.369 e. The second-order valence-corrected chi connectivity index (χ2v) is 7.90. The van der Waals surface area contributed by atoms with Gasteiger partial charge in [0, 0.05) is 11.4 Å². The fraction of sp³-hybridized carbons (Fsp3) is 0.550. The van der Waals surface area contributed by atoms with Gasteiger partial charge in [0.25, 0.3) is 0 Å². The standard InChI is InChI=1S/C20H29N7O/c21-18-24-19(22)27(20(25-18)9-2-1-3-10-20)16-8-6-7-15(13-16)23-17(28)14-26-11-4-5-12-26/h6-8,13H,1-5,9-12,14H2,(H,23,28)(H4,21,22,24,25). The van der Waals surface area contributed by atoms with Gasteiger partial charge in [-0.3, -0.25) is 14.6 Å². The number of hydrogen-bond donors (Lipinski definition) is 3. The van der Waals surface area contributed by atoms with Crippen LogP contribution < -0.4 is 21.7 Å². The highest BCUT2D eigenvalue weighted by atomic mass is 16.2. The van der Waals surface area contributed by atoms with Crippen LogP contribution in [0.2, 0.25) is 0 Å². The molecule has 0 unspecified atom stereocenters. The fourth-order valence-electron chi connectivity index (χ4n) is 4.56. The van der Waals surface area contributed by atoms with Crippen LogP contribution in [0.25, 0.3) is 0 Å². The van der Waals surface area contributed by atoms with Crippen molar-refractivity contribution in [2.75, 3.05) is 29.9 Å². The molecule has 5 N–H and O–H groups in total. The molecule has 0 aromatic heterocycles. The molecular weight excluding hydrogens is 354 g/mol. The van der Waals surface area contributed by atoms with Gasteiger partial charge in [-0.05, 0) is 69.8 Å². The van der Waals surface area contributed by atoms with Gasteiger partial charge in [0.2, 0.25) is 17.8 Å². The van der Waals surface area contributed by atoms with Gasteiger partial charge in [-0.15, -0.1) is 0 Å². The van der Waals surface area contributed by atoms with Gasteiger partial charge in [0.15, 0.2) is 0 Å². The van der Waals surface area contributed by atoms with E-state index in [2.05, 4.69) is 15.2 Å². The lowest BCUT2D eigenvalue weighted by molar-refractivity contribution is -0.117. The van der Waals surface area contributed by atoms with Crippen LogP contribution in [0.5, 0.6) is 0 Å². The molecule has 4 rings (SSSR count). The Hall–Kier alpha value is -2.61. The normalized spacial score (nSPS) is 22.1. The molecule has 0 bridgehead atoms. The first-order chi connectivity index (χ1) is 13.6. The summed E-state index contributed by atoms with van der Waals surface area (Å²) < 4.78 is 0. The van der Waals surface area contributed by atoms with Gasteiger partial charge in [0.1, 0.15) is 5.66 Å². The van der Waals surface area contributed by atoms with Crippen LogP contribution in [0.4, 0.5) is 11.4 Å². The number of benzene rings is 1. The van der Waals surface area contributed by atoms with Crippen molar-refractivity contribution < 1.29 is 4.79 Å². The first-order valence-corrected chi connectivity index (χ1v) is 10.2. The highest BCUT2D eigenvalue weighted by molar-refractivity contribution is 6.06. The van der Waals surface area contributed by atoms with Gasteiger partial charge in [-0.1, -0.05) is 12.5 Å². The van der Waals surface area contributed by atoms with Gasteiger partial charge >= 0.3 is 0 Å². The molecule has 8 heteroatoms. The lowest BCUT2D eigenvalue weighted by Crippen LogP contribution is -2.58. The minimum Gasteiger partial charge on any atom is -0.369 e. The van der Waals surface area contributed by atoms with Crippen LogP contribution in [0, 0.1) is 0 Å². The Kier molecular flexibility index (Phi) is 5.21. The van der Waals surface area contributed by atoms with Crippen molar-refractivity contribution in [3.05, 3.63) is 24.3 Å². The third kappa shape index (κ3) is 3.82. The van der Waals surface area contributed by atoms with Crippen molar-refractivity contribution in [2.45, 2.75) is 50.6 Å². The minimum absolute atomic E-state index is 0.00831. The molecule has 0 radical (unpaired) electrons. The smallest absolute Gasteiger partial charge is 0.238 e. The molecule has 1 saturated carbocycles. The topological polar surface area (TPSA) is 112 Å². The maximum atomic E-state index is 12.4. The van der Waals surface area contributed by atoms with Crippen LogP contribution in [0.1, 0.15) is 44.9 Å². The van der Waals surface area contributed by atoms with Crippen LogP contribution in [0.3, 0.4) is 0 Å². The molecule has 8 nitrogen and oxygen atoms in total. The summed E-state index contributed by atoms with van der Waals surface area (Å²) in [5, 5.41) is 3.01. The molecule has 3 aliphatic rings. The molecule has 150 valence electrons. The second-order valence-electron chi connectivity index (χ2n) is 7.90. The molecule has 1 amide bonds. The highest BCUT2D eigenvalue weighted by Crippen LogP contribution is 2.39. The number of anilines is 2. The molecule has 1 aromatic rings. The van der Waals surface area contributed by atoms with Crippen molar-refractivity contribution in [3.8, 4) is 0 Å². The van der Waals surface area contributed by atoms with Gasteiger partial charge in [-0.25, -0.2) is 4.99 Å². The van der Waals surface area contributed by atoms with E-state index in [9.17, 15) is 4.79 Å². The summed E-state index contributed by atoms with van der Waals surface area (Å²) in [6, 6.07) is 7.74. The summed E-state index contributed by atoms with van der Waals surface area (Å²) in [5.74, 6) is 0.606. The lowest BCUT2D eigenvalue weighted by Gasteiger charge is -2.45. The van der Waals surface area contributed by atoms with Crippen molar-refractivity contribution in [1.82, 2.24) is 4.90 Å². The Morgan fingerprint density at radius 1 is 1.11 bits per heavy atom. The lowest BCUT2D eigenvalue weighted by atomic mass is 9.87. The minimum atomic E-state index is -0.480. The fourth-order valence-corrected chi connectivity index (χ4v) is 4.56. The molecule has 1 spiro atoms. The number of likely N-dealkylation sites (tertiary alicyclic amines) is 1. The maximum absolute atomic E-state index is 12.4. The van der Waals surface area contributed by atoms with Crippen molar-refractivity contribution in [3.63, 3.8) is 0 Å². The zero-order valence-corrected chi connectivity index (χ0v) is 16.2. The summed E-state index contributed by atoms with van der Waals surface area (Å²) >= 11 is 0. The summed E-state index contributed by atoms with van der Waals surface area (Å²) in [4.78, 5) is 25.5. The van der Waals surface area contributed by atoms with Crippen molar-refractivity contribution >= 4 is 29.2 Å². The van der Waals surface area contributed by atoms with Crippen LogP contribution >= 0.6 is 0 Å². The Labute approximate surface area is 165 Å². The van der Waals surface area contributed by atoms with Crippen LogP contribution in [0.15, 0.2) is 34.3 Å². The van der Waals surface area contributed by atoms with E-state index in [0.717, 1.165) is 50.1 Å². The summed E-state index contributed by atoms with van der Waals surface area (Å²) in [6.07, 6.45) is 7.45. The van der Waals surface area contributed by atoms with E-state index in [0.29, 0.717) is 12.5 Å². The SMILES string of the molecule is NC1=NC2(CCCCC2)N(c2cccc(NC(=O)CN3CCCC3)c2)C(N)=N1. The van der Waals surface area contributed by atoms with E-state index in [1.165, 1.54) is 19.3 Å². The Morgan fingerprint density at radius 3 is 2.61 bits per heavy atom. The van der Waals surface area contributed by atoms with E-state index < -0.39 is 5.66 Å². The van der Waals surface area contributed by atoms with Gasteiger partial charge in [-0.2, -0.15) is 4.99 Å². The number of hydrogen-bond acceptors (Lipinski definition) is 7. The van der Waals surface area contributed by atoms with E-state index in [4.69, 9.17) is 16.5 Å². The van der Waals surface area contributed by atoms with Crippen LogP contribution in [-0.2, 0) is 4.79 Å². The number of nitrogens with two attached hydrogens (primary N) is 2. The van der Waals surface area contributed by atoms with Crippen molar-refractivity contribution in [1.29, 1.82) is 0 Å². The molecular formula is C20H29N7O. The third-order valence-corrected chi connectivity index (χ3v) is 5.81. The number of amides is 1. The molecule has 28 heavy (non-hydrogen) atoms. The predicted molar refractivity (Wildman–Crippen MR) is 112 cm³/mol. The van der Waals surface area contributed by atoms with E-state index in [1.807, 2.05) is 29.2 Å². The Balaban J connectivity index is 1.55. The summed E-state index contributed by atoms with van der Waals surface area (Å²) in [6.45, 7) is 2.43. The summed E-state index contributed by atoms with van der Waals surface area (Å²) in [5.41, 5.74) is 13.4. The maximum Gasteiger partial charge on any atom is 0.238 e. The molecule has 1 saturated heterocycles.